The van der Waals surface area contributed by atoms with Gasteiger partial charge in [0.2, 0.25) is 0 Å². The third kappa shape index (κ3) is 3.69. The monoisotopic (exact) mass is 360 g/mol. The highest BCUT2D eigenvalue weighted by molar-refractivity contribution is 7.46. The van der Waals surface area contributed by atoms with Gasteiger partial charge in [-0.3, -0.25) is 9.79 Å². The summed E-state index contributed by atoms with van der Waals surface area (Å²) >= 11 is 6.44. The third-order valence-electron chi connectivity index (χ3n) is 3.47. The van der Waals surface area contributed by atoms with E-state index in [0.29, 0.717) is 5.56 Å². The highest BCUT2D eigenvalue weighted by Gasteiger charge is 2.22. The van der Waals surface area contributed by atoms with Crippen molar-refractivity contribution in [2.45, 2.75) is 0 Å². The van der Waals surface area contributed by atoms with E-state index in [1.165, 1.54) is 6.07 Å². The van der Waals surface area contributed by atoms with Crippen molar-refractivity contribution in [3.05, 3.63) is 77.8 Å². The molecule has 3 aromatic carbocycles. The van der Waals surface area contributed by atoms with Gasteiger partial charge in [0.05, 0.1) is 5.02 Å². The van der Waals surface area contributed by atoms with Gasteiger partial charge in [0, 0.05) is 5.56 Å². The molecule has 0 heterocycles. The first-order valence-corrected chi connectivity index (χ1v) is 9.05. The molecule has 4 nitrogen and oxygen atoms in total. The van der Waals surface area contributed by atoms with Crippen LogP contribution in [0.5, 0.6) is 5.75 Å². The van der Waals surface area contributed by atoms with E-state index in [-0.39, 0.29) is 10.8 Å². The summed E-state index contributed by atoms with van der Waals surface area (Å²) in [6, 6.07) is 22.2. The van der Waals surface area contributed by atoms with Crippen LogP contribution in [0.4, 0.5) is 0 Å². The average Bonchev–Trinajstić information content (AvgIpc) is 2.57. The molecule has 0 bridgehead atoms. The van der Waals surface area contributed by atoms with Crippen LogP contribution in [0.1, 0.15) is 0 Å². The maximum Gasteiger partial charge on any atom is 0.524 e. The Bertz CT molecular complexity index is 892. The molecular weight excluding hydrogens is 347 g/mol. The maximum absolute atomic E-state index is 11.2. The largest absolute Gasteiger partial charge is 0.524 e. The van der Waals surface area contributed by atoms with E-state index in [1.807, 2.05) is 60.7 Å². The molecule has 0 saturated heterocycles. The second kappa shape index (κ2) is 6.80. The standard InChI is InChI=1S/C18H14ClO4P/c19-18-16(23-24(20,21)22)12-11-15(13-7-3-1-4-8-13)17(18)14-9-5-2-6-10-14/h1-12H,(H2,20,21,22). The molecule has 24 heavy (non-hydrogen) atoms. The third-order valence-corrected chi connectivity index (χ3v) is 4.28. The van der Waals surface area contributed by atoms with Crippen LogP contribution in [0, 0.1) is 0 Å². The molecule has 0 spiro atoms. The van der Waals surface area contributed by atoms with E-state index < -0.39 is 7.82 Å². The van der Waals surface area contributed by atoms with Gasteiger partial charge in [-0.05, 0) is 28.8 Å². The second-order valence-electron chi connectivity index (χ2n) is 5.11. The van der Waals surface area contributed by atoms with Crippen molar-refractivity contribution in [3.63, 3.8) is 0 Å². The summed E-state index contributed by atoms with van der Waals surface area (Å²) in [6.45, 7) is 0. The SMILES string of the molecule is O=P(O)(O)Oc1ccc(-c2ccccc2)c(-c2ccccc2)c1Cl. The van der Waals surface area contributed by atoms with E-state index in [2.05, 4.69) is 0 Å². The Labute approximate surface area is 144 Å². The quantitative estimate of drug-likeness (QED) is 0.632. The normalized spacial score (nSPS) is 11.3. The van der Waals surface area contributed by atoms with Crippen LogP contribution in [-0.2, 0) is 4.57 Å². The van der Waals surface area contributed by atoms with Gasteiger partial charge in [-0.1, -0.05) is 72.3 Å². The molecule has 0 radical (unpaired) electrons. The molecule has 0 atom stereocenters. The fourth-order valence-electron chi connectivity index (χ4n) is 2.50. The molecule has 0 amide bonds. The number of phosphoric acid groups is 1. The van der Waals surface area contributed by atoms with Gasteiger partial charge >= 0.3 is 7.82 Å². The summed E-state index contributed by atoms with van der Waals surface area (Å²) in [7, 11) is -4.70. The van der Waals surface area contributed by atoms with Gasteiger partial charge in [-0.15, -0.1) is 0 Å². The molecule has 2 N–H and O–H groups in total. The molecular formula is C18H14ClO4P. The van der Waals surface area contributed by atoms with Crippen LogP contribution < -0.4 is 4.52 Å². The van der Waals surface area contributed by atoms with Gasteiger partial charge in [0.15, 0.2) is 5.75 Å². The van der Waals surface area contributed by atoms with Gasteiger partial charge in [-0.2, -0.15) is 0 Å². The summed E-state index contributed by atoms with van der Waals surface area (Å²) in [4.78, 5) is 18.1. The Balaban J connectivity index is 2.24. The number of benzene rings is 3. The van der Waals surface area contributed by atoms with Crippen molar-refractivity contribution in [2.24, 2.45) is 0 Å². The fourth-order valence-corrected chi connectivity index (χ4v) is 3.28. The zero-order valence-electron chi connectivity index (χ0n) is 12.5. The van der Waals surface area contributed by atoms with E-state index in [0.717, 1.165) is 16.7 Å². The van der Waals surface area contributed by atoms with E-state index in [1.54, 1.807) is 6.07 Å². The minimum atomic E-state index is -4.70. The lowest BCUT2D eigenvalue weighted by molar-refractivity contribution is 0.283. The smallest absolute Gasteiger partial charge is 0.403 e. The number of halogens is 1. The van der Waals surface area contributed by atoms with Gasteiger partial charge in [0.25, 0.3) is 0 Å². The number of rotatable bonds is 4. The van der Waals surface area contributed by atoms with Crippen molar-refractivity contribution in [3.8, 4) is 28.0 Å². The van der Waals surface area contributed by atoms with Crippen molar-refractivity contribution >= 4 is 19.4 Å². The predicted molar refractivity (Wildman–Crippen MR) is 95.0 cm³/mol. The fraction of sp³-hybridized carbons (Fsp3) is 0. The Kier molecular flexibility index (Phi) is 4.74. The Morgan fingerprint density at radius 3 is 1.88 bits per heavy atom. The molecule has 0 saturated carbocycles. The topological polar surface area (TPSA) is 66.8 Å². The van der Waals surface area contributed by atoms with Crippen LogP contribution in [0.25, 0.3) is 22.3 Å². The van der Waals surface area contributed by atoms with Gasteiger partial charge < -0.3 is 4.52 Å². The minimum absolute atomic E-state index is 0.0523. The number of phosphoric ester groups is 1. The van der Waals surface area contributed by atoms with Crippen LogP contribution in [-0.4, -0.2) is 9.79 Å². The lowest BCUT2D eigenvalue weighted by Gasteiger charge is -2.16. The lowest BCUT2D eigenvalue weighted by Crippen LogP contribution is -1.94. The summed E-state index contributed by atoms with van der Waals surface area (Å²) < 4.78 is 15.9. The highest BCUT2D eigenvalue weighted by atomic mass is 35.5. The van der Waals surface area contributed by atoms with Gasteiger partial charge in [-0.25, -0.2) is 4.57 Å². The average molecular weight is 361 g/mol. The maximum atomic E-state index is 11.2. The van der Waals surface area contributed by atoms with Crippen molar-refractivity contribution in [2.75, 3.05) is 0 Å². The van der Waals surface area contributed by atoms with Crippen LogP contribution in [0.3, 0.4) is 0 Å². The molecule has 0 aliphatic rings. The van der Waals surface area contributed by atoms with Crippen molar-refractivity contribution in [1.29, 1.82) is 0 Å². The first kappa shape index (κ1) is 16.7. The van der Waals surface area contributed by atoms with Crippen LogP contribution in [0.2, 0.25) is 5.02 Å². The Morgan fingerprint density at radius 2 is 1.33 bits per heavy atom. The summed E-state index contributed by atoms with van der Waals surface area (Å²) in [5, 5.41) is 0.158. The molecule has 3 rings (SSSR count). The first-order valence-electron chi connectivity index (χ1n) is 7.14. The predicted octanol–water partition coefficient (Wildman–Crippen LogP) is 5.15. The minimum Gasteiger partial charge on any atom is -0.403 e. The van der Waals surface area contributed by atoms with Crippen LogP contribution >= 0.6 is 19.4 Å². The second-order valence-corrected chi connectivity index (χ2v) is 6.66. The summed E-state index contributed by atoms with van der Waals surface area (Å²) in [5.41, 5.74) is 3.29. The summed E-state index contributed by atoms with van der Waals surface area (Å²) in [5.74, 6) is -0.0523. The zero-order chi connectivity index (χ0) is 17.2. The zero-order valence-corrected chi connectivity index (χ0v) is 14.1. The lowest BCUT2D eigenvalue weighted by atomic mass is 9.94. The summed E-state index contributed by atoms with van der Waals surface area (Å²) in [6.07, 6.45) is 0. The molecule has 0 fully saturated rings. The van der Waals surface area contributed by atoms with Crippen LogP contribution in [0.15, 0.2) is 72.8 Å². The first-order chi connectivity index (χ1) is 11.5. The molecule has 6 heteroatoms. The molecule has 0 unspecified atom stereocenters. The number of hydrogen-bond donors (Lipinski definition) is 2. The van der Waals surface area contributed by atoms with Crippen molar-refractivity contribution < 1.29 is 18.9 Å². The molecule has 0 aromatic heterocycles. The number of hydrogen-bond acceptors (Lipinski definition) is 2. The van der Waals surface area contributed by atoms with E-state index >= 15 is 0 Å². The van der Waals surface area contributed by atoms with Gasteiger partial charge in [0.1, 0.15) is 0 Å². The molecule has 0 aliphatic carbocycles. The molecule has 3 aromatic rings. The molecule has 122 valence electrons. The highest BCUT2D eigenvalue weighted by Crippen LogP contribution is 2.47. The van der Waals surface area contributed by atoms with E-state index in [9.17, 15) is 4.57 Å². The van der Waals surface area contributed by atoms with E-state index in [4.69, 9.17) is 25.9 Å². The molecule has 0 aliphatic heterocycles. The Hall–Kier alpha value is -2.10. The Morgan fingerprint density at radius 1 is 0.792 bits per heavy atom. The van der Waals surface area contributed by atoms with Crippen molar-refractivity contribution in [1.82, 2.24) is 0 Å².